The first-order valence-electron chi connectivity index (χ1n) is 7.74. The van der Waals surface area contributed by atoms with E-state index in [1.54, 1.807) is 0 Å². The second-order valence-electron chi connectivity index (χ2n) is 6.45. The molecule has 0 bridgehead atoms. The summed E-state index contributed by atoms with van der Waals surface area (Å²) in [6, 6.07) is 17.4. The first-order chi connectivity index (χ1) is 10.9. The summed E-state index contributed by atoms with van der Waals surface area (Å²) in [4.78, 5) is 11.8. The zero-order valence-electron chi connectivity index (χ0n) is 13.9. The number of nitrogens with one attached hydrogen (secondary N) is 2. The van der Waals surface area contributed by atoms with Crippen LogP contribution in [-0.2, 0) is 11.4 Å². The van der Waals surface area contributed by atoms with Gasteiger partial charge in [-0.2, -0.15) is 0 Å². The van der Waals surface area contributed by atoms with Crippen LogP contribution < -0.4 is 15.4 Å². The van der Waals surface area contributed by atoms with Crippen molar-refractivity contribution in [3.8, 4) is 5.75 Å². The van der Waals surface area contributed by atoms with Crippen molar-refractivity contribution in [3.63, 3.8) is 0 Å². The van der Waals surface area contributed by atoms with Crippen LogP contribution in [0.1, 0.15) is 26.3 Å². The van der Waals surface area contributed by atoms with Gasteiger partial charge in [-0.25, -0.2) is 0 Å². The molecular weight excluding hydrogens is 288 g/mol. The Bertz CT molecular complexity index is 616. The number of carbonyl (C=O) groups excluding carboxylic acids is 1. The molecule has 0 spiro atoms. The van der Waals surface area contributed by atoms with Gasteiger partial charge in [-0.3, -0.25) is 4.79 Å². The van der Waals surface area contributed by atoms with Crippen LogP contribution in [0.4, 0.5) is 5.69 Å². The average Bonchev–Trinajstić information content (AvgIpc) is 2.53. The Balaban J connectivity index is 1.81. The minimum absolute atomic E-state index is 0.0575. The highest BCUT2D eigenvalue weighted by molar-refractivity contribution is 5.92. The molecule has 0 aromatic heterocycles. The third-order valence-corrected chi connectivity index (χ3v) is 3.17. The zero-order valence-corrected chi connectivity index (χ0v) is 13.9. The molecular formula is C19H24N2O2. The van der Waals surface area contributed by atoms with E-state index in [-0.39, 0.29) is 18.0 Å². The van der Waals surface area contributed by atoms with Crippen molar-refractivity contribution < 1.29 is 9.53 Å². The van der Waals surface area contributed by atoms with Crippen LogP contribution in [0.3, 0.4) is 0 Å². The Hall–Kier alpha value is -2.33. The maximum absolute atomic E-state index is 11.8. The third kappa shape index (κ3) is 6.53. The fourth-order valence-electron chi connectivity index (χ4n) is 1.93. The predicted octanol–water partition coefficient (Wildman–Crippen LogP) is 3.59. The summed E-state index contributed by atoms with van der Waals surface area (Å²) in [5.74, 6) is 0.720. The number of hydrogen-bond donors (Lipinski definition) is 2. The van der Waals surface area contributed by atoms with E-state index >= 15 is 0 Å². The normalized spacial score (nSPS) is 11.1. The first kappa shape index (κ1) is 17.0. The highest BCUT2D eigenvalue weighted by atomic mass is 16.5. The summed E-state index contributed by atoms with van der Waals surface area (Å²) in [5.41, 5.74) is 1.81. The summed E-state index contributed by atoms with van der Waals surface area (Å²) < 4.78 is 5.72. The lowest BCUT2D eigenvalue weighted by Crippen LogP contribution is -2.41. The number of anilines is 1. The maximum Gasteiger partial charge on any atom is 0.238 e. The molecule has 4 nitrogen and oxygen atoms in total. The molecule has 122 valence electrons. The van der Waals surface area contributed by atoms with Crippen LogP contribution in [0.25, 0.3) is 0 Å². The molecule has 23 heavy (non-hydrogen) atoms. The summed E-state index contributed by atoms with van der Waals surface area (Å²) >= 11 is 0. The van der Waals surface area contributed by atoms with Gasteiger partial charge in [0.25, 0.3) is 0 Å². The van der Waals surface area contributed by atoms with E-state index in [0.717, 1.165) is 17.0 Å². The van der Waals surface area contributed by atoms with Crippen molar-refractivity contribution in [2.45, 2.75) is 32.9 Å². The second-order valence-corrected chi connectivity index (χ2v) is 6.45. The molecule has 0 aliphatic rings. The number of hydrogen-bond acceptors (Lipinski definition) is 3. The van der Waals surface area contributed by atoms with E-state index in [1.807, 2.05) is 75.4 Å². The van der Waals surface area contributed by atoms with Gasteiger partial charge in [-0.15, -0.1) is 0 Å². The van der Waals surface area contributed by atoms with E-state index in [4.69, 9.17) is 4.74 Å². The van der Waals surface area contributed by atoms with Crippen molar-refractivity contribution in [1.29, 1.82) is 0 Å². The fraction of sp³-hybridized carbons (Fsp3) is 0.316. The van der Waals surface area contributed by atoms with Gasteiger partial charge >= 0.3 is 0 Å². The Kier molecular flexibility index (Phi) is 5.77. The Morgan fingerprint density at radius 1 is 1.00 bits per heavy atom. The van der Waals surface area contributed by atoms with E-state index in [2.05, 4.69) is 10.6 Å². The average molecular weight is 312 g/mol. The first-order valence-corrected chi connectivity index (χ1v) is 7.74. The molecule has 2 rings (SSSR count). The highest BCUT2D eigenvalue weighted by Crippen LogP contribution is 2.17. The molecule has 2 aromatic rings. The minimum Gasteiger partial charge on any atom is -0.489 e. The van der Waals surface area contributed by atoms with Crippen molar-refractivity contribution in [2.75, 3.05) is 11.9 Å². The topological polar surface area (TPSA) is 50.4 Å². The van der Waals surface area contributed by atoms with Crippen LogP contribution in [0.2, 0.25) is 0 Å². The largest absolute Gasteiger partial charge is 0.489 e. The zero-order chi connectivity index (χ0) is 16.7. The minimum atomic E-state index is -0.0769. The van der Waals surface area contributed by atoms with E-state index < -0.39 is 0 Å². The van der Waals surface area contributed by atoms with Crippen LogP contribution in [0.5, 0.6) is 5.75 Å². The highest BCUT2D eigenvalue weighted by Gasteiger charge is 2.11. The Morgan fingerprint density at radius 3 is 2.26 bits per heavy atom. The van der Waals surface area contributed by atoms with Crippen LogP contribution in [0.15, 0.2) is 54.6 Å². The summed E-state index contributed by atoms with van der Waals surface area (Å²) in [5, 5.41) is 6.01. The molecule has 4 heteroatoms. The molecule has 0 radical (unpaired) electrons. The lowest BCUT2D eigenvalue weighted by molar-refractivity contribution is -0.115. The van der Waals surface area contributed by atoms with Gasteiger partial charge in [0, 0.05) is 11.2 Å². The standard InChI is InChI=1S/C19H24N2O2/c1-19(2,3)20-13-18(22)21-16-9-11-17(12-10-16)23-14-15-7-5-4-6-8-15/h4-12,20H,13-14H2,1-3H3,(H,21,22). The van der Waals surface area contributed by atoms with Gasteiger partial charge in [0.05, 0.1) is 6.54 Å². The second kappa shape index (κ2) is 7.79. The number of ether oxygens (including phenoxy) is 1. The molecule has 2 aromatic carbocycles. The van der Waals surface area contributed by atoms with Gasteiger partial charge in [-0.05, 0) is 50.6 Å². The summed E-state index contributed by atoms with van der Waals surface area (Å²) in [6.45, 7) is 6.90. The number of rotatable bonds is 6. The van der Waals surface area contributed by atoms with Crippen molar-refractivity contribution >= 4 is 11.6 Å². The van der Waals surface area contributed by atoms with Gasteiger partial charge in [0.15, 0.2) is 0 Å². The van der Waals surface area contributed by atoms with Crippen molar-refractivity contribution in [3.05, 3.63) is 60.2 Å². The van der Waals surface area contributed by atoms with E-state index in [1.165, 1.54) is 0 Å². The number of carbonyl (C=O) groups is 1. The SMILES string of the molecule is CC(C)(C)NCC(=O)Nc1ccc(OCc2ccccc2)cc1. The molecule has 0 aliphatic heterocycles. The molecule has 0 atom stereocenters. The molecule has 0 heterocycles. The van der Waals surface area contributed by atoms with Gasteiger partial charge < -0.3 is 15.4 Å². The molecule has 1 amide bonds. The van der Waals surface area contributed by atoms with Gasteiger partial charge in [0.2, 0.25) is 5.91 Å². The monoisotopic (exact) mass is 312 g/mol. The predicted molar refractivity (Wildman–Crippen MR) is 93.6 cm³/mol. The smallest absolute Gasteiger partial charge is 0.238 e. The van der Waals surface area contributed by atoms with Crippen LogP contribution >= 0.6 is 0 Å². The van der Waals surface area contributed by atoms with Crippen LogP contribution in [0, 0.1) is 0 Å². The van der Waals surface area contributed by atoms with E-state index in [9.17, 15) is 4.79 Å². The molecule has 2 N–H and O–H groups in total. The molecule has 0 fully saturated rings. The molecule has 0 saturated heterocycles. The summed E-state index contributed by atoms with van der Waals surface area (Å²) in [7, 11) is 0. The lowest BCUT2D eigenvalue weighted by atomic mass is 10.1. The Labute approximate surface area is 137 Å². The molecule has 0 aliphatic carbocycles. The fourth-order valence-corrected chi connectivity index (χ4v) is 1.93. The molecule has 0 unspecified atom stereocenters. The van der Waals surface area contributed by atoms with Crippen molar-refractivity contribution in [1.82, 2.24) is 5.32 Å². The quantitative estimate of drug-likeness (QED) is 0.857. The lowest BCUT2D eigenvalue weighted by Gasteiger charge is -2.20. The van der Waals surface area contributed by atoms with Gasteiger partial charge in [0.1, 0.15) is 12.4 Å². The van der Waals surface area contributed by atoms with E-state index in [0.29, 0.717) is 6.61 Å². The van der Waals surface area contributed by atoms with Crippen LogP contribution in [-0.4, -0.2) is 18.0 Å². The van der Waals surface area contributed by atoms with Crippen molar-refractivity contribution in [2.24, 2.45) is 0 Å². The van der Waals surface area contributed by atoms with Gasteiger partial charge in [-0.1, -0.05) is 30.3 Å². The number of amides is 1. The summed E-state index contributed by atoms with van der Waals surface area (Å²) in [6.07, 6.45) is 0. The molecule has 0 saturated carbocycles. The third-order valence-electron chi connectivity index (χ3n) is 3.17. The number of benzene rings is 2. The maximum atomic E-state index is 11.8. The Morgan fingerprint density at radius 2 is 1.65 bits per heavy atom.